The maximum atomic E-state index is 10.6. The van der Waals surface area contributed by atoms with E-state index in [4.69, 9.17) is 9.84 Å². The Labute approximate surface area is 89.7 Å². The molecule has 1 rings (SSSR count). The van der Waals surface area contributed by atoms with Crippen molar-refractivity contribution < 1.29 is 14.6 Å². The summed E-state index contributed by atoms with van der Waals surface area (Å²) in [4.78, 5) is 10.6. The van der Waals surface area contributed by atoms with Gasteiger partial charge in [-0.2, -0.15) is 0 Å². The largest absolute Gasteiger partial charge is 0.497 e. The Kier molecular flexibility index (Phi) is 4.16. The van der Waals surface area contributed by atoms with Gasteiger partial charge in [0.2, 0.25) is 0 Å². The van der Waals surface area contributed by atoms with Gasteiger partial charge in [-0.3, -0.25) is 4.79 Å². The monoisotopic (exact) mass is 208 g/mol. The fraction of sp³-hybridized carbons (Fsp3) is 0.417. The minimum Gasteiger partial charge on any atom is -0.497 e. The summed E-state index contributed by atoms with van der Waals surface area (Å²) in [5.41, 5.74) is 1.06. The molecule has 1 N–H and O–H groups in total. The number of ether oxygens (including phenoxy) is 1. The number of rotatable bonds is 5. The van der Waals surface area contributed by atoms with Crippen molar-refractivity contribution in [3.8, 4) is 5.75 Å². The molecule has 0 saturated heterocycles. The van der Waals surface area contributed by atoms with Crippen LogP contribution in [-0.2, 0) is 4.79 Å². The van der Waals surface area contributed by atoms with Gasteiger partial charge in [-0.15, -0.1) is 0 Å². The van der Waals surface area contributed by atoms with Crippen molar-refractivity contribution in [3.63, 3.8) is 0 Å². The van der Waals surface area contributed by atoms with Gasteiger partial charge in [-0.05, 0) is 30.0 Å². The van der Waals surface area contributed by atoms with E-state index in [2.05, 4.69) is 0 Å². The lowest BCUT2D eigenvalue weighted by atomic mass is 9.93. The highest BCUT2D eigenvalue weighted by molar-refractivity contribution is 5.68. The molecule has 0 radical (unpaired) electrons. The van der Waals surface area contributed by atoms with Gasteiger partial charge in [-0.25, -0.2) is 0 Å². The summed E-state index contributed by atoms with van der Waals surface area (Å²) in [5, 5.41) is 8.75. The zero-order chi connectivity index (χ0) is 11.3. The molecule has 0 heterocycles. The standard InChI is InChI=1S/C12H16O3/c1-3-9(8-12(13)14)10-4-6-11(15-2)7-5-10/h4-7,9H,3,8H2,1-2H3,(H,13,14)/t9-/m0/s1. The van der Waals surface area contributed by atoms with Crippen molar-refractivity contribution in [1.29, 1.82) is 0 Å². The molecule has 0 fully saturated rings. The Morgan fingerprint density at radius 3 is 2.40 bits per heavy atom. The number of carboxylic acid groups (broad SMARTS) is 1. The lowest BCUT2D eigenvalue weighted by Gasteiger charge is -2.13. The van der Waals surface area contributed by atoms with Crippen LogP contribution in [0.1, 0.15) is 31.2 Å². The maximum Gasteiger partial charge on any atom is 0.303 e. The molecule has 0 spiro atoms. The summed E-state index contributed by atoms with van der Waals surface area (Å²) in [5.74, 6) is 0.134. The number of methoxy groups -OCH3 is 1. The zero-order valence-electron chi connectivity index (χ0n) is 9.06. The molecule has 1 aromatic carbocycles. The fourth-order valence-corrected chi connectivity index (χ4v) is 1.58. The molecule has 0 saturated carbocycles. The van der Waals surface area contributed by atoms with E-state index in [1.807, 2.05) is 31.2 Å². The number of hydrogen-bond donors (Lipinski definition) is 1. The van der Waals surface area contributed by atoms with E-state index in [1.165, 1.54) is 0 Å². The first kappa shape index (κ1) is 11.6. The Morgan fingerprint density at radius 2 is 2.00 bits per heavy atom. The topological polar surface area (TPSA) is 46.5 Å². The first-order chi connectivity index (χ1) is 7.17. The SMILES string of the molecule is CC[C@@H](CC(=O)O)c1ccc(OC)cc1. The third-order valence-electron chi connectivity index (χ3n) is 2.50. The molecule has 82 valence electrons. The van der Waals surface area contributed by atoms with E-state index >= 15 is 0 Å². The zero-order valence-corrected chi connectivity index (χ0v) is 9.06. The molecule has 0 amide bonds. The smallest absolute Gasteiger partial charge is 0.303 e. The molecule has 15 heavy (non-hydrogen) atoms. The quantitative estimate of drug-likeness (QED) is 0.809. The molecule has 3 heteroatoms. The molecule has 1 aromatic rings. The van der Waals surface area contributed by atoms with Crippen molar-refractivity contribution in [2.75, 3.05) is 7.11 Å². The second kappa shape index (κ2) is 5.39. The molecular weight excluding hydrogens is 192 g/mol. The number of hydrogen-bond acceptors (Lipinski definition) is 2. The van der Waals surface area contributed by atoms with Crippen LogP contribution in [0.25, 0.3) is 0 Å². The number of benzene rings is 1. The van der Waals surface area contributed by atoms with Gasteiger partial charge >= 0.3 is 5.97 Å². The highest BCUT2D eigenvalue weighted by atomic mass is 16.5. The van der Waals surface area contributed by atoms with Crippen molar-refractivity contribution in [2.45, 2.75) is 25.7 Å². The molecular formula is C12H16O3. The van der Waals surface area contributed by atoms with Gasteiger partial charge in [-0.1, -0.05) is 19.1 Å². The average Bonchev–Trinajstić information content (AvgIpc) is 2.26. The van der Waals surface area contributed by atoms with Crippen LogP contribution in [0.2, 0.25) is 0 Å². The van der Waals surface area contributed by atoms with Crippen molar-refractivity contribution >= 4 is 5.97 Å². The van der Waals surface area contributed by atoms with Crippen LogP contribution < -0.4 is 4.74 Å². The third-order valence-corrected chi connectivity index (χ3v) is 2.50. The number of aliphatic carboxylic acids is 1. The summed E-state index contributed by atoms with van der Waals surface area (Å²) in [6.07, 6.45) is 1.02. The highest BCUT2D eigenvalue weighted by Gasteiger charge is 2.13. The van der Waals surface area contributed by atoms with E-state index in [0.29, 0.717) is 0 Å². The maximum absolute atomic E-state index is 10.6. The van der Waals surface area contributed by atoms with Crippen LogP contribution in [0.3, 0.4) is 0 Å². The van der Waals surface area contributed by atoms with Crippen molar-refractivity contribution in [1.82, 2.24) is 0 Å². The van der Waals surface area contributed by atoms with Crippen LogP contribution in [0.15, 0.2) is 24.3 Å². The molecule has 0 aliphatic heterocycles. The third kappa shape index (κ3) is 3.27. The molecule has 0 unspecified atom stereocenters. The van der Waals surface area contributed by atoms with Crippen LogP contribution in [0.5, 0.6) is 5.75 Å². The van der Waals surface area contributed by atoms with E-state index in [0.717, 1.165) is 17.7 Å². The molecule has 3 nitrogen and oxygen atoms in total. The fourth-order valence-electron chi connectivity index (χ4n) is 1.58. The van der Waals surface area contributed by atoms with Crippen LogP contribution >= 0.6 is 0 Å². The lowest BCUT2D eigenvalue weighted by molar-refractivity contribution is -0.137. The second-order valence-electron chi connectivity index (χ2n) is 3.48. The molecule has 0 aliphatic carbocycles. The first-order valence-electron chi connectivity index (χ1n) is 5.03. The number of carbonyl (C=O) groups is 1. The summed E-state index contributed by atoms with van der Waals surface area (Å²) in [6, 6.07) is 7.57. The predicted octanol–water partition coefficient (Wildman–Crippen LogP) is 2.66. The minimum atomic E-state index is -0.752. The van der Waals surface area contributed by atoms with Gasteiger partial charge < -0.3 is 9.84 Å². The van der Waals surface area contributed by atoms with Crippen molar-refractivity contribution in [3.05, 3.63) is 29.8 Å². The van der Waals surface area contributed by atoms with Gasteiger partial charge in [0.15, 0.2) is 0 Å². The van der Waals surface area contributed by atoms with Gasteiger partial charge in [0.1, 0.15) is 5.75 Å². The van der Waals surface area contributed by atoms with Crippen molar-refractivity contribution in [2.24, 2.45) is 0 Å². The molecule has 1 atom stereocenters. The average molecular weight is 208 g/mol. The Morgan fingerprint density at radius 1 is 1.40 bits per heavy atom. The van der Waals surface area contributed by atoms with E-state index < -0.39 is 5.97 Å². The molecule has 0 aliphatic rings. The van der Waals surface area contributed by atoms with Crippen LogP contribution in [0.4, 0.5) is 0 Å². The van der Waals surface area contributed by atoms with E-state index in [-0.39, 0.29) is 12.3 Å². The Hall–Kier alpha value is -1.51. The first-order valence-corrected chi connectivity index (χ1v) is 5.03. The predicted molar refractivity (Wildman–Crippen MR) is 58.3 cm³/mol. The van der Waals surface area contributed by atoms with Crippen LogP contribution in [0, 0.1) is 0 Å². The minimum absolute atomic E-state index is 0.0911. The highest BCUT2D eigenvalue weighted by Crippen LogP contribution is 2.24. The lowest BCUT2D eigenvalue weighted by Crippen LogP contribution is -2.05. The Bertz CT molecular complexity index is 316. The van der Waals surface area contributed by atoms with Gasteiger partial charge in [0.25, 0.3) is 0 Å². The summed E-state index contributed by atoms with van der Waals surface area (Å²) < 4.78 is 5.05. The second-order valence-corrected chi connectivity index (χ2v) is 3.48. The van der Waals surface area contributed by atoms with Crippen LogP contribution in [-0.4, -0.2) is 18.2 Å². The Balaban J connectivity index is 2.78. The molecule has 0 aromatic heterocycles. The van der Waals surface area contributed by atoms with E-state index in [1.54, 1.807) is 7.11 Å². The number of carboxylic acids is 1. The van der Waals surface area contributed by atoms with E-state index in [9.17, 15) is 4.79 Å². The summed E-state index contributed by atoms with van der Waals surface area (Å²) >= 11 is 0. The van der Waals surface area contributed by atoms with Gasteiger partial charge in [0, 0.05) is 0 Å². The normalized spacial score (nSPS) is 12.1. The summed E-state index contributed by atoms with van der Waals surface area (Å²) in [7, 11) is 1.61. The van der Waals surface area contributed by atoms with Gasteiger partial charge in [0.05, 0.1) is 13.5 Å². The molecule has 0 bridgehead atoms. The summed E-state index contributed by atoms with van der Waals surface area (Å²) in [6.45, 7) is 2.00.